The minimum atomic E-state index is -2.43. The van der Waals surface area contributed by atoms with E-state index >= 15 is 0 Å². The van der Waals surface area contributed by atoms with Crippen molar-refractivity contribution in [2.45, 2.75) is 26.3 Å². The van der Waals surface area contributed by atoms with Gasteiger partial charge in [0.25, 0.3) is 6.43 Å². The van der Waals surface area contributed by atoms with E-state index in [1.807, 2.05) is 4.90 Å². The molecule has 19 heavy (non-hydrogen) atoms. The summed E-state index contributed by atoms with van der Waals surface area (Å²) in [5, 5.41) is 12.9. The number of benzene rings is 1. The third-order valence-electron chi connectivity index (χ3n) is 3.64. The van der Waals surface area contributed by atoms with Crippen molar-refractivity contribution in [1.82, 2.24) is 10.2 Å². The SMILES string of the molecule is Cc1cc([C@H](C(F)F)N2CCNCC2)cc(C)c1O. The molecule has 1 aromatic rings. The van der Waals surface area contributed by atoms with Gasteiger partial charge in [0.1, 0.15) is 5.75 Å². The van der Waals surface area contributed by atoms with E-state index in [4.69, 9.17) is 0 Å². The van der Waals surface area contributed by atoms with Crippen LogP contribution in [0.4, 0.5) is 8.78 Å². The van der Waals surface area contributed by atoms with E-state index in [1.165, 1.54) is 0 Å². The van der Waals surface area contributed by atoms with Gasteiger partial charge in [-0.2, -0.15) is 0 Å². The lowest BCUT2D eigenvalue weighted by Gasteiger charge is -2.35. The van der Waals surface area contributed by atoms with E-state index < -0.39 is 12.5 Å². The fourth-order valence-electron chi connectivity index (χ4n) is 2.64. The number of hydrogen-bond donors (Lipinski definition) is 2. The van der Waals surface area contributed by atoms with Crippen molar-refractivity contribution in [1.29, 1.82) is 0 Å². The molecule has 2 rings (SSSR count). The number of phenolic OH excluding ortho intramolecular Hbond substituents is 1. The van der Waals surface area contributed by atoms with Crippen LogP contribution < -0.4 is 5.32 Å². The molecule has 0 aliphatic carbocycles. The number of nitrogens with one attached hydrogen (secondary N) is 1. The molecule has 5 heteroatoms. The highest BCUT2D eigenvalue weighted by Gasteiger charge is 2.30. The Labute approximate surface area is 112 Å². The maximum Gasteiger partial charge on any atom is 0.258 e. The topological polar surface area (TPSA) is 35.5 Å². The van der Waals surface area contributed by atoms with Crippen LogP contribution in [0.1, 0.15) is 22.7 Å². The fraction of sp³-hybridized carbons (Fsp3) is 0.571. The van der Waals surface area contributed by atoms with Crippen molar-refractivity contribution in [3.63, 3.8) is 0 Å². The number of halogens is 2. The summed E-state index contributed by atoms with van der Waals surface area (Å²) in [4.78, 5) is 1.81. The van der Waals surface area contributed by atoms with E-state index in [0.717, 1.165) is 13.1 Å². The predicted octanol–water partition coefficient (Wildman–Crippen LogP) is 2.22. The Kier molecular flexibility index (Phi) is 4.37. The number of alkyl halides is 2. The van der Waals surface area contributed by atoms with Crippen molar-refractivity contribution in [3.05, 3.63) is 28.8 Å². The smallest absolute Gasteiger partial charge is 0.258 e. The summed E-state index contributed by atoms with van der Waals surface area (Å²) in [6.07, 6.45) is -2.43. The zero-order chi connectivity index (χ0) is 14.0. The highest BCUT2D eigenvalue weighted by atomic mass is 19.3. The van der Waals surface area contributed by atoms with Crippen molar-refractivity contribution < 1.29 is 13.9 Å². The van der Waals surface area contributed by atoms with Gasteiger partial charge in [-0.05, 0) is 30.5 Å². The van der Waals surface area contributed by atoms with Crippen LogP contribution >= 0.6 is 0 Å². The molecule has 1 aliphatic heterocycles. The summed E-state index contributed by atoms with van der Waals surface area (Å²) in [5.41, 5.74) is 1.89. The maximum absolute atomic E-state index is 13.4. The second kappa shape index (κ2) is 5.84. The van der Waals surface area contributed by atoms with Crippen LogP contribution in [0.2, 0.25) is 0 Å². The summed E-state index contributed by atoms with van der Waals surface area (Å²) >= 11 is 0. The van der Waals surface area contributed by atoms with Gasteiger partial charge in [0, 0.05) is 26.2 Å². The van der Waals surface area contributed by atoms with Crippen molar-refractivity contribution in [3.8, 4) is 5.75 Å². The van der Waals surface area contributed by atoms with Gasteiger partial charge in [-0.3, -0.25) is 4.90 Å². The molecule has 1 aromatic carbocycles. The molecule has 0 bridgehead atoms. The normalized spacial score (nSPS) is 18.8. The summed E-state index contributed by atoms with van der Waals surface area (Å²) in [6.45, 7) is 6.19. The molecule has 106 valence electrons. The molecule has 0 radical (unpaired) electrons. The molecule has 1 aliphatic rings. The van der Waals surface area contributed by atoms with Gasteiger partial charge in [0.15, 0.2) is 0 Å². The Morgan fingerprint density at radius 1 is 1.16 bits per heavy atom. The van der Waals surface area contributed by atoms with Crippen LogP contribution in [0.15, 0.2) is 12.1 Å². The molecule has 0 aromatic heterocycles. The first kappa shape index (κ1) is 14.2. The van der Waals surface area contributed by atoms with Crippen molar-refractivity contribution in [2.75, 3.05) is 26.2 Å². The molecule has 0 amide bonds. The van der Waals surface area contributed by atoms with Gasteiger partial charge in [-0.1, -0.05) is 12.1 Å². The largest absolute Gasteiger partial charge is 0.507 e. The van der Waals surface area contributed by atoms with Crippen LogP contribution in [0.3, 0.4) is 0 Å². The third kappa shape index (κ3) is 3.04. The van der Waals surface area contributed by atoms with E-state index in [2.05, 4.69) is 5.32 Å². The first-order valence-electron chi connectivity index (χ1n) is 6.53. The first-order valence-corrected chi connectivity index (χ1v) is 6.53. The molecule has 0 spiro atoms. The van der Waals surface area contributed by atoms with Gasteiger partial charge in [0.2, 0.25) is 0 Å². The second-order valence-corrected chi connectivity index (χ2v) is 5.07. The molecule has 1 heterocycles. The standard InChI is InChI=1S/C14H20F2N2O/c1-9-7-11(8-10(2)13(9)19)12(14(15)16)18-5-3-17-4-6-18/h7-8,12,14,17,19H,3-6H2,1-2H3/t12-/m1/s1. The maximum atomic E-state index is 13.4. The molecule has 1 atom stereocenters. The Morgan fingerprint density at radius 3 is 2.16 bits per heavy atom. The molecule has 0 saturated carbocycles. The number of aromatic hydroxyl groups is 1. The number of nitrogens with zero attached hydrogens (tertiary/aromatic N) is 1. The van der Waals surface area contributed by atoms with Crippen LogP contribution in [-0.4, -0.2) is 42.6 Å². The number of aryl methyl sites for hydroxylation is 2. The van der Waals surface area contributed by atoms with Gasteiger partial charge in [-0.15, -0.1) is 0 Å². The average molecular weight is 270 g/mol. The van der Waals surface area contributed by atoms with Crippen LogP contribution in [0.5, 0.6) is 5.75 Å². The molecule has 3 nitrogen and oxygen atoms in total. The Morgan fingerprint density at radius 2 is 1.68 bits per heavy atom. The van der Waals surface area contributed by atoms with Gasteiger partial charge in [-0.25, -0.2) is 8.78 Å². The number of rotatable bonds is 3. The number of piperazine rings is 1. The lowest BCUT2D eigenvalue weighted by Crippen LogP contribution is -2.46. The lowest BCUT2D eigenvalue weighted by molar-refractivity contribution is 0.0181. The average Bonchev–Trinajstić information content (AvgIpc) is 2.37. The second-order valence-electron chi connectivity index (χ2n) is 5.07. The fourth-order valence-corrected chi connectivity index (χ4v) is 2.64. The van der Waals surface area contributed by atoms with Gasteiger partial charge < -0.3 is 10.4 Å². The third-order valence-corrected chi connectivity index (χ3v) is 3.64. The van der Waals surface area contributed by atoms with E-state index in [9.17, 15) is 13.9 Å². The number of phenols is 1. The Hall–Kier alpha value is -1.20. The zero-order valence-corrected chi connectivity index (χ0v) is 11.3. The van der Waals surface area contributed by atoms with Crippen molar-refractivity contribution in [2.24, 2.45) is 0 Å². The summed E-state index contributed by atoms with van der Waals surface area (Å²) in [7, 11) is 0. The van der Waals surface area contributed by atoms with Crippen LogP contribution in [0, 0.1) is 13.8 Å². The molecule has 2 N–H and O–H groups in total. The molecular formula is C14H20F2N2O. The predicted molar refractivity (Wildman–Crippen MR) is 70.8 cm³/mol. The minimum Gasteiger partial charge on any atom is -0.507 e. The van der Waals surface area contributed by atoms with Gasteiger partial charge >= 0.3 is 0 Å². The summed E-state index contributed by atoms with van der Waals surface area (Å²) in [6, 6.07) is 2.45. The van der Waals surface area contributed by atoms with Gasteiger partial charge in [0.05, 0.1) is 6.04 Å². The van der Waals surface area contributed by atoms with E-state index in [1.54, 1.807) is 26.0 Å². The summed E-state index contributed by atoms with van der Waals surface area (Å²) < 4.78 is 26.8. The highest BCUT2D eigenvalue weighted by Crippen LogP contribution is 2.32. The molecular weight excluding hydrogens is 250 g/mol. The quantitative estimate of drug-likeness (QED) is 0.884. The van der Waals surface area contributed by atoms with Crippen molar-refractivity contribution >= 4 is 0 Å². The molecule has 1 saturated heterocycles. The lowest BCUT2D eigenvalue weighted by atomic mass is 9.99. The van der Waals surface area contributed by atoms with E-state index in [-0.39, 0.29) is 5.75 Å². The Bertz CT molecular complexity index is 422. The highest BCUT2D eigenvalue weighted by molar-refractivity contribution is 5.43. The minimum absolute atomic E-state index is 0.192. The molecule has 1 fully saturated rings. The Balaban J connectivity index is 2.33. The monoisotopic (exact) mass is 270 g/mol. The molecule has 0 unspecified atom stereocenters. The van der Waals surface area contributed by atoms with Crippen LogP contribution in [-0.2, 0) is 0 Å². The van der Waals surface area contributed by atoms with E-state index in [0.29, 0.717) is 29.8 Å². The van der Waals surface area contributed by atoms with Crippen LogP contribution in [0.25, 0.3) is 0 Å². The first-order chi connectivity index (χ1) is 9.00. The number of hydrogen-bond acceptors (Lipinski definition) is 3. The zero-order valence-electron chi connectivity index (χ0n) is 11.3. The summed E-state index contributed by atoms with van der Waals surface area (Å²) in [5.74, 6) is 0.192.